The molecule has 25 heavy (non-hydrogen) atoms. The number of aromatic nitrogens is 1. The standard InChI is InChI=1S/C18H31ClN4O.HI/c1-4-20-18(21-10-7-11-24-17-8-5-6-9-17)23(3)14-16-12-15(19)13-22(16)2;/h12-13,17H,4-11,14H2,1-3H3,(H,20,21);1H. The normalized spacial score (nSPS) is 15.3. The molecule has 1 aromatic heterocycles. The number of ether oxygens (including phenoxy) is 1. The van der Waals surface area contributed by atoms with Gasteiger partial charge in [-0.3, -0.25) is 4.99 Å². The van der Waals surface area contributed by atoms with Crippen LogP contribution >= 0.6 is 35.6 Å². The number of halogens is 2. The fraction of sp³-hybridized carbons (Fsp3) is 0.722. The highest BCUT2D eigenvalue weighted by Gasteiger charge is 2.14. The molecule has 0 radical (unpaired) electrons. The quantitative estimate of drug-likeness (QED) is 0.263. The molecule has 1 fully saturated rings. The van der Waals surface area contributed by atoms with Crippen molar-refractivity contribution in [3.8, 4) is 0 Å². The van der Waals surface area contributed by atoms with Crippen LogP contribution < -0.4 is 5.32 Å². The zero-order valence-electron chi connectivity index (χ0n) is 15.6. The van der Waals surface area contributed by atoms with Gasteiger partial charge in [0.2, 0.25) is 0 Å². The van der Waals surface area contributed by atoms with Crippen molar-refractivity contribution < 1.29 is 4.74 Å². The molecule has 0 spiro atoms. The van der Waals surface area contributed by atoms with Crippen molar-refractivity contribution in [3.05, 3.63) is 23.0 Å². The van der Waals surface area contributed by atoms with Gasteiger partial charge in [-0.15, -0.1) is 24.0 Å². The molecule has 1 saturated carbocycles. The average molecular weight is 483 g/mol. The van der Waals surface area contributed by atoms with Gasteiger partial charge in [0.1, 0.15) is 0 Å². The van der Waals surface area contributed by atoms with Crippen molar-refractivity contribution in [1.29, 1.82) is 0 Å². The maximum absolute atomic E-state index is 6.06. The highest BCUT2D eigenvalue weighted by Crippen LogP contribution is 2.20. The second kappa shape index (κ2) is 12.0. The third-order valence-corrected chi connectivity index (χ3v) is 4.60. The van der Waals surface area contributed by atoms with E-state index in [0.717, 1.165) is 49.3 Å². The second-order valence-corrected chi connectivity index (χ2v) is 6.92. The Morgan fingerprint density at radius 2 is 2.16 bits per heavy atom. The van der Waals surface area contributed by atoms with Gasteiger partial charge < -0.3 is 19.5 Å². The molecule has 0 amide bonds. The second-order valence-electron chi connectivity index (χ2n) is 6.48. The van der Waals surface area contributed by atoms with Gasteiger partial charge in [-0.2, -0.15) is 0 Å². The van der Waals surface area contributed by atoms with Gasteiger partial charge in [0.05, 0.1) is 17.7 Å². The summed E-state index contributed by atoms with van der Waals surface area (Å²) in [5.41, 5.74) is 1.16. The van der Waals surface area contributed by atoms with Crippen LogP contribution in [0.15, 0.2) is 17.3 Å². The van der Waals surface area contributed by atoms with E-state index >= 15 is 0 Å². The number of nitrogens with zero attached hydrogens (tertiary/aromatic N) is 3. The number of hydrogen-bond acceptors (Lipinski definition) is 2. The molecule has 2 rings (SSSR count). The minimum absolute atomic E-state index is 0. The minimum Gasteiger partial charge on any atom is -0.378 e. The molecule has 0 aromatic carbocycles. The fourth-order valence-electron chi connectivity index (χ4n) is 3.07. The Morgan fingerprint density at radius 3 is 2.76 bits per heavy atom. The predicted molar refractivity (Wildman–Crippen MR) is 116 cm³/mol. The van der Waals surface area contributed by atoms with E-state index in [9.17, 15) is 0 Å². The Hall–Kier alpha value is -0.470. The fourth-order valence-corrected chi connectivity index (χ4v) is 3.34. The number of aryl methyl sites for hydroxylation is 1. The molecule has 1 heterocycles. The summed E-state index contributed by atoms with van der Waals surface area (Å²) in [6, 6.07) is 2.00. The number of nitrogens with one attached hydrogen (secondary N) is 1. The van der Waals surface area contributed by atoms with Crippen LogP contribution in [0.2, 0.25) is 5.02 Å². The lowest BCUT2D eigenvalue weighted by atomic mass is 10.3. The van der Waals surface area contributed by atoms with E-state index in [-0.39, 0.29) is 24.0 Å². The molecule has 144 valence electrons. The Bertz CT molecular complexity index is 529. The molecule has 1 N–H and O–H groups in total. The number of rotatable bonds is 8. The minimum atomic E-state index is 0. The van der Waals surface area contributed by atoms with Gasteiger partial charge in [0.15, 0.2) is 5.96 Å². The van der Waals surface area contributed by atoms with E-state index in [1.807, 2.05) is 19.3 Å². The van der Waals surface area contributed by atoms with Crippen LogP contribution in [0.4, 0.5) is 0 Å². The van der Waals surface area contributed by atoms with Crippen molar-refractivity contribution in [2.45, 2.75) is 51.7 Å². The molecule has 5 nitrogen and oxygen atoms in total. The van der Waals surface area contributed by atoms with Crippen LogP contribution in [0.1, 0.15) is 44.7 Å². The van der Waals surface area contributed by atoms with Crippen LogP contribution in [0.25, 0.3) is 0 Å². The van der Waals surface area contributed by atoms with E-state index in [2.05, 4.69) is 28.8 Å². The van der Waals surface area contributed by atoms with Crippen molar-refractivity contribution in [1.82, 2.24) is 14.8 Å². The van der Waals surface area contributed by atoms with E-state index in [0.29, 0.717) is 6.10 Å². The molecule has 1 aliphatic rings. The van der Waals surface area contributed by atoms with Gasteiger partial charge in [-0.05, 0) is 32.3 Å². The van der Waals surface area contributed by atoms with Gasteiger partial charge in [-0.1, -0.05) is 24.4 Å². The summed E-state index contributed by atoms with van der Waals surface area (Å²) in [5.74, 6) is 0.927. The molecule has 0 saturated heterocycles. The first-order valence-corrected chi connectivity index (χ1v) is 9.39. The maximum atomic E-state index is 6.06. The molecular weight excluding hydrogens is 451 g/mol. The van der Waals surface area contributed by atoms with Crippen LogP contribution in [0.3, 0.4) is 0 Å². The van der Waals surface area contributed by atoms with E-state index < -0.39 is 0 Å². The molecular formula is C18H32ClIN4O. The molecule has 7 heteroatoms. The molecule has 0 aliphatic heterocycles. The summed E-state index contributed by atoms with van der Waals surface area (Å²) in [5, 5.41) is 4.12. The van der Waals surface area contributed by atoms with Gasteiger partial charge in [0, 0.05) is 45.7 Å². The zero-order valence-corrected chi connectivity index (χ0v) is 18.7. The Balaban J connectivity index is 0.00000312. The van der Waals surface area contributed by atoms with Crippen molar-refractivity contribution in [2.24, 2.45) is 12.0 Å². The monoisotopic (exact) mass is 482 g/mol. The average Bonchev–Trinajstić information content (AvgIpc) is 3.16. The highest BCUT2D eigenvalue weighted by molar-refractivity contribution is 14.0. The summed E-state index contributed by atoms with van der Waals surface area (Å²) >= 11 is 6.06. The predicted octanol–water partition coefficient (Wildman–Crippen LogP) is 4.04. The number of guanidine groups is 1. The van der Waals surface area contributed by atoms with Gasteiger partial charge in [0.25, 0.3) is 0 Å². The molecule has 0 bridgehead atoms. The first-order valence-electron chi connectivity index (χ1n) is 9.02. The first kappa shape index (κ1) is 22.6. The first-order chi connectivity index (χ1) is 11.6. The van der Waals surface area contributed by atoms with E-state index in [1.165, 1.54) is 25.7 Å². The highest BCUT2D eigenvalue weighted by atomic mass is 127. The van der Waals surface area contributed by atoms with E-state index in [1.54, 1.807) is 0 Å². The Kier molecular flexibility index (Phi) is 10.8. The largest absolute Gasteiger partial charge is 0.378 e. The Morgan fingerprint density at radius 1 is 1.44 bits per heavy atom. The molecule has 0 atom stereocenters. The zero-order chi connectivity index (χ0) is 17.4. The molecule has 1 aliphatic carbocycles. The lowest BCUT2D eigenvalue weighted by Gasteiger charge is -2.22. The van der Waals surface area contributed by atoms with Crippen molar-refractivity contribution in [3.63, 3.8) is 0 Å². The summed E-state index contributed by atoms with van der Waals surface area (Å²) in [6.07, 6.45) is 8.49. The lowest BCUT2D eigenvalue weighted by Crippen LogP contribution is -2.39. The summed E-state index contributed by atoms with van der Waals surface area (Å²) in [7, 11) is 4.07. The summed E-state index contributed by atoms with van der Waals surface area (Å²) in [4.78, 5) is 6.85. The molecule has 0 unspecified atom stereocenters. The third-order valence-electron chi connectivity index (χ3n) is 4.39. The van der Waals surface area contributed by atoms with Crippen LogP contribution in [-0.4, -0.2) is 48.3 Å². The van der Waals surface area contributed by atoms with Crippen molar-refractivity contribution in [2.75, 3.05) is 26.7 Å². The SMILES string of the molecule is CCNC(=NCCCOC1CCCC1)N(C)Cc1cc(Cl)cn1C.I. The van der Waals surface area contributed by atoms with Gasteiger partial charge in [-0.25, -0.2) is 0 Å². The Labute approximate surface area is 174 Å². The lowest BCUT2D eigenvalue weighted by molar-refractivity contribution is 0.0579. The number of hydrogen-bond donors (Lipinski definition) is 1. The third kappa shape index (κ3) is 7.74. The summed E-state index contributed by atoms with van der Waals surface area (Å²) < 4.78 is 7.95. The smallest absolute Gasteiger partial charge is 0.194 e. The van der Waals surface area contributed by atoms with Crippen molar-refractivity contribution >= 4 is 41.5 Å². The van der Waals surface area contributed by atoms with E-state index in [4.69, 9.17) is 21.3 Å². The molecule has 1 aromatic rings. The topological polar surface area (TPSA) is 41.8 Å². The number of aliphatic imine (C=N–C) groups is 1. The van der Waals surface area contributed by atoms with Crippen LogP contribution in [0.5, 0.6) is 0 Å². The van der Waals surface area contributed by atoms with Crippen LogP contribution in [0, 0.1) is 0 Å². The van der Waals surface area contributed by atoms with Gasteiger partial charge >= 0.3 is 0 Å². The maximum Gasteiger partial charge on any atom is 0.194 e. The summed E-state index contributed by atoms with van der Waals surface area (Å²) in [6.45, 7) is 5.31. The van der Waals surface area contributed by atoms with Crippen LogP contribution in [-0.2, 0) is 18.3 Å².